The summed E-state index contributed by atoms with van der Waals surface area (Å²) in [4.78, 5) is 0. The van der Waals surface area contributed by atoms with Crippen molar-refractivity contribution in [3.8, 4) is 0 Å². The van der Waals surface area contributed by atoms with Gasteiger partial charge in [0.1, 0.15) is 0 Å². The topological polar surface area (TPSA) is 9.23 Å². The van der Waals surface area contributed by atoms with Crippen LogP contribution in [0.15, 0.2) is 0 Å². The highest BCUT2D eigenvalue weighted by Crippen LogP contribution is 2.25. The van der Waals surface area contributed by atoms with E-state index in [9.17, 15) is 0 Å². The monoisotopic (exact) mass is 184 g/mol. The molecule has 78 valence electrons. The van der Waals surface area contributed by atoms with E-state index in [0.717, 1.165) is 12.5 Å². The fourth-order valence-corrected chi connectivity index (χ4v) is 2.13. The molecule has 0 saturated heterocycles. The minimum absolute atomic E-state index is 0.584. The third-order valence-electron chi connectivity index (χ3n) is 2.99. The van der Waals surface area contributed by atoms with E-state index in [0.29, 0.717) is 6.10 Å². The van der Waals surface area contributed by atoms with E-state index < -0.39 is 0 Å². The highest BCUT2D eigenvalue weighted by molar-refractivity contribution is 4.70. The van der Waals surface area contributed by atoms with Crippen molar-refractivity contribution in [3.05, 3.63) is 0 Å². The molecule has 0 aromatic carbocycles. The van der Waals surface area contributed by atoms with Gasteiger partial charge in [0, 0.05) is 6.61 Å². The van der Waals surface area contributed by atoms with Gasteiger partial charge in [-0.3, -0.25) is 0 Å². The largest absolute Gasteiger partial charge is 0.378 e. The van der Waals surface area contributed by atoms with Crippen molar-refractivity contribution in [2.45, 2.75) is 64.9 Å². The zero-order valence-corrected chi connectivity index (χ0v) is 9.22. The van der Waals surface area contributed by atoms with Crippen molar-refractivity contribution in [2.24, 2.45) is 5.92 Å². The van der Waals surface area contributed by atoms with Crippen molar-refractivity contribution in [2.75, 3.05) is 6.61 Å². The second kappa shape index (κ2) is 6.42. The highest BCUT2D eigenvalue weighted by Gasteiger charge is 2.18. The summed E-state index contributed by atoms with van der Waals surface area (Å²) in [6, 6.07) is 0. The van der Waals surface area contributed by atoms with E-state index >= 15 is 0 Å². The molecule has 0 aromatic heterocycles. The lowest BCUT2D eigenvalue weighted by atomic mass is 9.89. The molecular formula is C12H24O. The normalized spacial score (nSPS) is 29.1. The van der Waals surface area contributed by atoms with E-state index in [-0.39, 0.29) is 0 Å². The maximum atomic E-state index is 5.86. The van der Waals surface area contributed by atoms with Gasteiger partial charge < -0.3 is 4.74 Å². The Hall–Kier alpha value is -0.0400. The lowest BCUT2D eigenvalue weighted by Crippen LogP contribution is -2.21. The van der Waals surface area contributed by atoms with Gasteiger partial charge in [-0.2, -0.15) is 0 Å². The van der Waals surface area contributed by atoms with Crippen molar-refractivity contribution in [1.29, 1.82) is 0 Å². The molecule has 0 heterocycles. The third kappa shape index (κ3) is 4.66. The molecule has 1 saturated carbocycles. The molecule has 1 fully saturated rings. The van der Waals surface area contributed by atoms with Gasteiger partial charge in [0.05, 0.1) is 6.10 Å². The SMILES string of the molecule is CCCCCO[C@@H]1CCC[C@@H](C)C1. The standard InChI is InChI=1S/C12H24O/c1-3-4-5-9-13-12-8-6-7-11(2)10-12/h11-12H,3-10H2,1-2H3/t11-,12-/m1/s1. The van der Waals surface area contributed by atoms with Crippen LogP contribution in [-0.4, -0.2) is 12.7 Å². The second-order valence-corrected chi connectivity index (χ2v) is 4.47. The summed E-state index contributed by atoms with van der Waals surface area (Å²) in [5.41, 5.74) is 0. The van der Waals surface area contributed by atoms with E-state index in [1.807, 2.05) is 0 Å². The summed E-state index contributed by atoms with van der Waals surface area (Å²) >= 11 is 0. The molecule has 0 amide bonds. The first-order valence-corrected chi connectivity index (χ1v) is 5.94. The number of unbranched alkanes of at least 4 members (excludes halogenated alkanes) is 2. The average molecular weight is 184 g/mol. The number of ether oxygens (including phenoxy) is 1. The smallest absolute Gasteiger partial charge is 0.0577 e. The molecule has 0 bridgehead atoms. The number of hydrogen-bond donors (Lipinski definition) is 0. The highest BCUT2D eigenvalue weighted by atomic mass is 16.5. The van der Waals surface area contributed by atoms with E-state index in [4.69, 9.17) is 4.74 Å². The fraction of sp³-hybridized carbons (Fsp3) is 1.00. The van der Waals surface area contributed by atoms with Crippen LogP contribution in [0.2, 0.25) is 0 Å². The van der Waals surface area contributed by atoms with Crippen LogP contribution in [0.3, 0.4) is 0 Å². The van der Waals surface area contributed by atoms with Crippen molar-refractivity contribution in [3.63, 3.8) is 0 Å². The second-order valence-electron chi connectivity index (χ2n) is 4.47. The Balaban J connectivity index is 2.00. The molecule has 0 spiro atoms. The Kier molecular flexibility index (Phi) is 5.45. The summed E-state index contributed by atoms with van der Waals surface area (Å²) in [7, 11) is 0. The minimum atomic E-state index is 0.584. The molecule has 0 aromatic rings. The minimum Gasteiger partial charge on any atom is -0.378 e. The van der Waals surface area contributed by atoms with Crippen LogP contribution in [-0.2, 0) is 4.74 Å². The Morgan fingerprint density at radius 1 is 1.23 bits per heavy atom. The molecule has 0 unspecified atom stereocenters. The average Bonchev–Trinajstić information content (AvgIpc) is 2.13. The van der Waals surface area contributed by atoms with E-state index in [1.54, 1.807) is 0 Å². The summed E-state index contributed by atoms with van der Waals surface area (Å²) in [6.07, 6.45) is 9.84. The van der Waals surface area contributed by atoms with E-state index in [2.05, 4.69) is 13.8 Å². The maximum absolute atomic E-state index is 5.86. The van der Waals surface area contributed by atoms with Crippen LogP contribution in [0, 0.1) is 5.92 Å². The van der Waals surface area contributed by atoms with Crippen molar-refractivity contribution >= 4 is 0 Å². The zero-order chi connectivity index (χ0) is 9.52. The molecule has 13 heavy (non-hydrogen) atoms. The molecule has 2 atom stereocenters. The van der Waals surface area contributed by atoms with Gasteiger partial charge >= 0.3 is 0 Å². The van der Waals surface area contributed by atoms with Gasteiger partial charge in [-0.15, -0.1) is 0 Å². The van der Waals surface area contributed by atoms with Gasteiger partial charge in [-0.1, -0.05) is 39.5 Å². The Morgan fingerprint density at radius 3 is 2.77 bits per heavy atom. The van der Waals surface area contributed by atoms with Gasteiger partial charge in [0.15, 0.2) is 0 Å². The molecule has 0 radical (unpaired) electrons. The van der Waals surface area contributed by atoms with Crippen LogP contribution in [0.1, 0.15) is 58.8 Å². The fourth-order valence-electron chi connectivity index (χ4n) is 2.13. The Bertz CT molecular complexity index is 122. The third-order valence-corrected chi connectivity index (χ3v) is 2.99. The van der Waals surface area contributed by atoms with Crippen LogP contribution >= 0.6 is 0 Å². The van der Waals surface area contributed by atoms with Gasteiger partial charge in [-0.05, 0) is 25.2 Å². The molecule has 1 aliphatic carbocycles. The Labute approximate surface area is 82.9 Å². The van der Waals surface area contributed by atoms with Crippen molar-refractivity contribution < 1.29 is 4.74 Å². The van der Waals surface area contributed by atoms with Crippen LogP contribution in [0.4, 0.5) is 0 Å². The first kappa shape index (κ1) is 11.0. The zero-order valence-electron chi connectivity index (χ0n) is 9.22. The van der Waals surface area contributed by atoms with E-state index in [1.165, 1.54) is 44.9 Å². The molecule has 1 aliphatic rings. The molecular weight excluding hydrogens is 160 g/mol. The molecule has 0 N–H and O–H groups in total. The molecule has 1 heteroatoms. The van der Waals surface area contributed by atoms with Crippen molar-refractivity contribution in [1.82, 2.24) is 0 Å². The van der Waals surface area contributed by atoms with Gasteiger partial charge in [-0.25, -0.2) is 0 Å². The predicted octanol–water partition coefficient (Wildman–Crippen LogP) is 3.77. The van der Waals surface area contributed by atoms with Crippen LogP contribution in [0.5, 0.6) is 0 Å². The van der Waals surface area contributed by atoms with Crippen LogP contribution < -0.4 is 0 Å². The quantitative estimate of drug-likeness (QED) is 0.591. The maximum Gasteiger partial charge on any atom is 0.0577 e. The van der Waals surface area contributed by atoms with Gasteiger partial charge in [0.2, 0.25) is 0 Å². The first-order chi connectivity index (χ1) is 6.33. The molecule has 1 nitrogen and oxygen atoms in total. The number of rotatable bonds is 5. The Morgan fingerprint density at radius 2 is 2.08 bits per heavy atom. The summed E-state index contributed by atoms with van der Waals surface area (Å²) in [6.45, 7) is 5.58. The lowest BCUT2D eigenvalue weighted by Gasteiger charge is -2.26. The summed E-state index contributed by atoms with van der Waals surface area (Å²) < 4.78 is 5.86. The summed E-state index contributed by atoms with van der Waals surface area (Å²) in [5.74, 6) is 0.893. The first-order valence-electron chi connectivity index (χ1n) is 5.94. The summed E-state index contributed by atoms with van der Waals surface area (Å²) in [5, 5.41) is 0. The van der Waals surface area contributed by atoms with Crippen LogP contribution in [0.25, 0.3) is 0 Å². The number of hydrogen-bond acceptors (Lipinski definition) is 1. The molecule has 0 aliphatic heterocycles. The van der Waals surface area contributed by atoms with Gasteiger partial charge in [0.25, 0.3) is 0 Å². The molecule has 1 rings (SSSR count). The lowest BCUT2D eigenvalue weighted by molar-refractivity contribution is 0.0138. The predicted molar refractivity (Wildman–Crippen MR) is 56.9 cm³/mol.